The summed E-state index contributed by atoms with van der Waals surface area (Å²) in [6.45, 7) is -0.822. The zero-order valence-electron chi connectivity index (χ0n) is 14.8. The minimum atomic E-state index is -7.44. The van der Waals surface area contributed by atoms with E-state index < -0.39 is 55.5 Å². The van der Waals surface area contributed by atoms with E-state index in [1.54, 1.807) is 9.47 Å². The summed E-state index contributed by atoms with van der Waals surface area (Å²) in [4.78, 5) is 0. The molecule has 5 nitrogen and oxygen atoms in total. The topological polar surface area (TPSA) is 46.2 Å². The Bertz CT molecular complexity index is 636. The molecule has 0 radical (unpaired) electrons. The van der Waals surface area contributed by atoms with Crippen LogP contribution in [0.3, 0.4) is 0 Å². The molecule has 32 heavy (non-hydrogen) atoms. The molecular formula is C11H8F16O5. The van der Waals surface area contributed by atoms with E-state index in [-0.39, 0.29) is 7.11 Å². The van der Waals surface area contributed by atoms with Gasteiger partial charge in [0, 0.05) is 7.11 Å². The number of hydrogen-bond donors (Lipinski definition) is 0. The molecule has 0 saturated carbocycles. The normalized spacial score (nSPS) is 15.9. The summed E-state index contributed by atoms with van der Waals surface area (Å²) >= 11 is 0. The molecule has 0 amide bonds. The van der Waals surface area contributed by atoms with Gasteiger partial charge in [-0.25, -0.2) is 14.2 Å². The van der Waals surface area contributed by atoms with E-state index in [0.717, 1.165) is 0 Å². The third-order valence-corrected chi connectivity index (χ3v) is 2.71. The van der Waals surface area contributed by atoms with Crippen molar-refractivity contribution in [3.63, 3.8) is 0 Å². The Morgan fingerprint density at radius 2 is 0.625 bits per heavy atom. The van der Waals surface area contributed by atoms with Gasteiger partial charge in [-0.15, -0.1) is 0 Å². The fourth-order valence-corrected chi connectivity index (χ4v) is 1.22. The molecule has 0 fully saturated rings. The molecule has 0 aromatic carbocycles. The quantitative estimate of drug-likeness (QED) is 0.300. The molecule has 0 unspecified atom stereocenters. The van der Waals surface area contributed by atoms with Crippen molar-refractivity contribution in [3.05, 3.63) is 0 Å². The van der Waals surface area contributed by atoms with Gasteiger partial charge < -0.3 is 9.47 Å². The second-order valence-corrected chi connectivity index (χ2v) is 5.08. The van der Waals surface area contributed by atoms with Gasteiger partial charge in [0.05, 0.1) is 6.61 Å². The Kier molecular flexibility index (Phi) is 8.43. The average Bonchev–Trinajstić information content (AvgIpc) is 2.51. The van der Waals surface area contributed by atoms with Crippen molar-refractivity contribution in [2.45, 2.75) is 55.8 Å². The Balaban J connectivity index is 5.86. The highest BCUT2D eigenvalue weighted by atomic mass is 19.4. The Labute approximate surface area is 165 Å². The minimum absolute atomic E-state index is 0.297. The van der Waals surface area contributed by atoms with Gasteiger partial charge in [-0.1, -0.05) is 0 Å². The van der Waals surface area contributed by atoms with Gasteiger partial charge in [0.1, 0.15) is 0 Å². The molecule has 0 N–H and O–H groups in total. The number of alkyl halides is 16. The van der Waals surface area contributed by atoms with Crippen LogP contribution in [0.2, 0.25) is 0 Å². The van der Waals surface area contributed by atoms with Gasteiger partial charge in [-0.05, 0) is 6.92 Å². The van der Waals surface area contributed by atoms with Gasteiger partial charge >= 0.3 is 48.9 Å². The summed E-state index contributed by atoms with van der Waals surface area (Å²) in [7, 11) is -0.297. The Morgan fingerprint density at radius 1 is 0.406 bits per heavy atom. The number of methoxy groups -OCH3 is 1. The third-order valence-electron chi connectivity index (χ3n) is 2.71. The molecule has 0 heterocycles. The van der Waals surface area contributed by atoms with Crippen molar-refractivity contribution in [2.75, 3.05) is 13.7 Å². The molecule has 0 aliphatic heterocycles. The summed E-state index contributed by atoms with van der Waals surface area (Å²) in [6, 6.07) is 0. The predicted octanol–water partition coefficient (Wildman–Crippen LogP) is 5.46. The number of hydrogen-bond acceptors (Lipinski definition) is 5. The molecule has 21 heteroatoms. The second-order valence-electron chi connectivity index (χ2n) is 5.08. The summed E-state index contributed by atoms with van der Waals surface area (Å²) in [5.41, 5.74) is 0. The lowest BCUT2D eigenvalue weighted by atomic mass is 10.4. The van der Waals surface area contributed by atoms with E-state index in [1.807, 2.05) is 0 Å². The minimum Gasteiger partial charge on any atom is -0.317 e. The van der Waals surface area contributed by atoms with Gasteiger partial charge in [0.2, 0.25) is 0 Å². The molecule has 0 spiro atoms. The molecule has 0 aliphatic carbocycles. The van der Waals surface area contributed by atoms with E-state index in [9.17, 15) is 70.2 Å². The third kappa shape index (κ3) is 6.17. The van der Waals surface area contributed by atoms with Crippen LogP contribution in [-0.2, 0) is 23.7 Å². The van der Waals surface area contributed by atoms with Gasteiger partial charge in [0.15, 0.2) is 0 Å². The van der Waals surface area contributed by atoms with Gasteiger partial charge in [0.25, 0.3) is 0 Å². The molecular weight excluding hydrogens is 516 g/mol. The van der Waals surface area contributed by atoms with Crippen molar-refractivity contribution < 1.29 is 93.9 Å². The van der Waals surface area contributed by atoms with E-state index >= 15 is 0 Å². The number of ether oxygens (including phenoxy) is 5. The van der Waals surface area contributed by atoms with Crippen LogP contribution in [0.4, 0.5) is 70.2 Å². The van der Waals surface area contributed by atoms with Gasteiger partial charge in [-0.2, -0.15) is 70.2 Å². The van der Waals surface area contributed by atoms with E-state index in [4.69, 9.17) is 0 Å². The highest BCUT2D eigenvalue weighted by Gasteiger charge is 2.77. The zero-order valence-corrected chi connectivity index (χ0v) is 14.8. The monoisotopic (exact) mass is 524 g/mol. The van der Waals surface area contributed by atoms with Crippen molar-refractivity contribution in [3.8, 4) is 0 Å². The van der Waals surface area contributed by atoms with E-state index in [1.165, 1.54) is 4.74 Å². The largest absolute Gasteiger partial charge is 0.453 e. The second kappa shape index (κ2) is 8.80. The summed E-state index contributed by atoms with van der Waals surface area (Å²) in [5.74, 6) is 0. The first-order valence-corrected chi connectivity index (χ1v) is 7.06. The maximum atomic E-state index is 13.1. The lowest BCUT2D eigenvalue weighted by molar-refractivity contribution is -0.579. The first-order valence-electron chi connectivity index (χ1n) is 7.06. The average molecular weight is 524 g/mol. The van der Waals surface area contributed by atoms with Crippen LogP contribution in [0.1, 0.15) is 6.92 Å². The van der Waals surface area contributed by atoms with Crippen molar-refractivity contribution >= 4 is 0 Å². The maximum absolute atomic E-state index is 13.1. The SMILES string of the molecule is CCOC(F)(F)C(F)(F)OC(F)(F)C(F)(F)OC(F)(F)C(F)(F)OC(F)(F)C(F)(F)OC. The zero-order chi connectivity index (χ0) is 26.2. The molecule has 0 aromatic rings. The maximum Gasteiger partial charge on any atom is 0.453 e. The first-order chi connectivity index (χ1) is 13.7. The van der Waals surface area contributed by atoms with Gasteiger partial charge in [-0.3, -0.25) is 0 Å². The number of halogens is 16. The molecule has 0 atom stereocenters. The van der Waals surface area contributed by atoms with Crippen LogP contribution in [0.5, 0.6) is 0 Å². The summed E-state index contributed by atoms with van der Waals surface area (Å²) in [5, 5.41) is 0. The van der Waals surface area contributed by atoms with E-state index in [0.29, 0.717) is 6.92 Å². The van der Waals surface area contributed by atoms with Crippen LogP contribution in [0.15, 0.2) is 0 Å². The predicted molar refractivity (Wildman–Crippen MR) is 61.5 cm³/mol. The fraction of sp³-hybridized carbons (Fsp3) is 1.00. The molecule has 0 aliphatic rings. The van der Waals surface area contributed by atoms with Crippen molar-refractivity contribution in [1.82, 2.24) is 0 Å². The smallest absolute Gasteiger partial charge is 0.317 e. The first kappa shape index (κ1) is 30.7. The molecule has 0 saturated heterocycles. The van der Waals surface area contributed by atoms with Crippen LogP contribution in [0.25, 0.3) is 0 Å². The molecule has 0 aromatic heterocycles. The van der Waals surface area contributed by atoms with Crippen molar-refractivity contribution in [1.29, 1.82) is 0 Å². The van der Waals surface area contributed by atoms with Crippen molar-refractivity contribution in [2.24, 2.45) is 0 Å². The standard InChI is InChI=1S/C11H8F16O5/c1-3-29-5(14,15)7(18,19)31-9(22,23)11(26,27)32-10(24,25)8(20,21)30-6(16,17)4(12,13)28-2/h3H2,1-2H3. The lowest BCUT2D eigenvalue weighted by Crippen LogP contribution is -2.60. The number of rotatable bonds is 13. The molecule has 0 rings (SSSR count). The fourth-order valence-electron chi connectivity index (χ4n) is 1.22. The van der Waals surface area contributed by atoms with Crippen LogP contribution >= 0.6 is 0 Å². The van der Waals surface area contributed by atoms with Crippen LogP contribution in [-0.4, -0.2) is 62.6 Å². The molecule has 194 valence electrons. The van der Waals surface area contributed by atoms with Crippen LogP contribution in [0, 0.1) is 0 Å². The highest BCUT2D eigenvalue weighted by molar-refractivity contribution is 4.80. The lowest BCUT2D eigenvalue weighted by Gasteiger charge is -2.35. The summed E-state index contributed by atoms with van der Waals surface area (Å²) < 4.78 is 217. The Morgan fingerprint density at radius 3 is 0.844 bits per heavy atom. The Hall–Kier alpha value is -1.32. The highest BCUT2D eigenvalue weighted by Crippen LogP contribution is 2.51. The molecule has 0 bridgehead atoms. The summed E-state index contributed by atoms with van der Waals surface area (Å²) in [6.07, 6.45) is -55.3. The van der Waals surface area contributed by atoms with E-state index in [2.05, 4.69) is 9.47 Å². The van der Waals surface area contributed by atoms with Crippen LogP contribution < -0.4 is 0 Å².